The van der Waals surface area contributed by atoms with E-state index in [0.29, 0.717) is 0 Å². The lowest BCUT2D eigenvalue weighted by atomic mass is 10.0. The maximum Gasteiger partial charge on any atom is 0.0707 e. The van der Waals surface area contributed by atoms with Gasteiger partial charge < -0.3 is 5.73 Å². The van der Waals surface area contributed by atoms with Crippen molar-refractivity contribution in [2.75, 3.05) is 0 Å². The lowest BCUT2D eigenvalue weighted by molar-refractivity contribution is 0.792. The van der Waals surface area contributed by atoms with Gasteiger partial charge in [-0.2, -0.15) is 5.10 Å². The summed E-state index contributed by atoms with van der Waals surface area (Å²) in [7, 11) is 0. The van der Waals surface area contributed by atoms with E-state index in [1.165, 1.54) is 22.4 Å². The van der Waals surface area contributed by atoms with Gasteiger partial charge in [0.25, 0.3) is 0 Å². The van der Waals surface area contributed by atoms with E-state index in [0.717, 1.165) is 17.0 Å². The number of hydrogen-bond acceptors (Lipinski definition) is 2. The van der Waals surface area contributed by atoms with Crippen molar-refractivity contribution in [2.24, 2.45) is 5.73 Å². The van der Waals surface area contributed by atoms with Crippen molar-refractivity contribution < 1.29 is 0 Å². The molecule has 3 nitrogen and oxygen atoms in total. The van der Waals surface area contributed by atoms with Gasteiger partial charge in [-0.15, -0.1) is 0 Å². The highest BCUT2D eigenvalue weighted by Crippen LogP contribution is 2.26. The second-order valence-corrected chi connectivity index (χ2v) is 5.53. The van der Waals surface area contributed by atoms with Crippen LogP contribution in [0.1, 0.15) is 46.6 Å². The zero-order chi connectivity index (χ0) is 14.3. The van der Waals surface area contributed by atoms with Crippen LogP contribution in [0, 0.1) is 34.6 Å². The molecule has 2 aromatic rings. The summed E-state index contributed by atoms with van der Waals surface area (Å²) in [5.41, 5.74) is 14.3. The molecular weight excluding hydrogens is 234 g/mol. The average molecular weight is 257 g/mol. The van der Waals surface area contributed by atoms with E-state index in [1.54, 1.807) is 0 Å². The van der Waals surface area contributed by atoms with Crippen LogP contribution in [0.15, 0.2) is 12.1 Å². The maximum atomic E-state index is 6.05. The molecule has 1 unspecified atom stereocenters. The quantitative estimate of drug-likeness (QED) is 0.895. The van der Waals surface area contributed by atoms with Gasteiger partial charge in [-0.05, 0) is 52.7 Å². The SMILES string of the molecule is Cc1cc(C)c(-n2nc(C)c(C(C)N)c2C)c(C)c1. The van der Waals surface area contributed by atoms with Crippen LogP contribution in [0.3, 0.4) is 0 Å². The zero-order valence-corrected chi connectivity index (χ0v) is 12.7. The minimum absolute atomic E-state index is 0.0137. The van der Waals surface area contributed by atoms with Crippen LogP contribution in [0.4, 0.5) is 0 Å². The van der Waals surface area contributed by atoms with Crippen molar-refractivity contribution in [2.45, 2.75) is 47.6 Å². The summed E-state index contributed by atoms with van der Waals surface area (Å²) < 4.78 is 2.04. The van der Waals surface area contributed by atoms with Crippen LogP contribution < -0.4 is 5.73 Å². The van der Waals surface area contributed by atoms with E-state index in [4.69, 9.17) is 5.73 Å². The van der Waals surface area contributed by atoms with E-state index in [9.17, 15) is 0 Å². The molecule has 1 atom stereocenters. The Bertz CT molecular complexity index is 598. The number of nitrogens with two attached hydrogens (primary N) is 1. The third-order valence-electron chi connectivity index (χ3n) is 3.65. The molecule has 3 heteroatoms. The topological polar surface area (TPSA) is 43.8 Å². The number of rotatable bonds is 2. The molecular formula is C16H23N3. The van der Waals surface area contributed by atoms with E-state index >= 15 is 0 Å². The summed E-state index contributed by atoms with van der Waals surface area (Å²) in [6.45, 7) is 12.5. The van der Waals surface area contributed by atoms with Crippen molar-refractivity contribution in [3.8, 4) is 5.69 Å². The third kappa shape index (κ3) is 2.30. The number of aryl methyl sites for hydroxylation is 4. The standard InChI is InChI=1S/C16H23N3/c1-9-7-10(2)16(11(3)8-9)19-14(6)15(12(4)17)13(5)18-19/h7-8,12H,17H2,1-6H3. The van der Waals surface area contributed by atoms with Gasteiger partial charge in [-0.25, -0.2) is 4.68 Å². The molecule has 102 valence electrons. The Morgan fingerprint density at radius 3 is 2.00 bits per heavy atom. The Morgan fingerprint density at radius 1 is 1.05 bits per heavy atom. The molecule has 0 aliphatic heterocycles. The van der Waals surface area contributed by atoms with Crippen molar-refractivity contribution >= 4 is 0 Å². The normalized spacial score (nSPS) is 12.8. The Kier molecular flexibility index (Phi) is 3.50. The molecule has 0 amide bonds. The number of nitrogens with zero attached hydrogens (tertiary/aromatic N) is 2. The molecule has 0 aliphatic rings. The largest absolute Gasteiger partial charge is 0.324 e. The molecule has 0 fully saturated rings. The van der Waals surface area contributed by atoms with E-state index < -0.39 is 0 Å². The molecule has 1 aromatic heterocycles. The van der Waals surface area contributed by atoms with Gasteiger partial charge in [0, 0.05) is 17.3 Å². The van der Waals surface area contributed by atoms with Crippen LogP contribution in [-0.2, 0) is 0 Å². The summed E-state index contributed by atoms with van der Waals surface area (Å²) in [6.07, 6.45) is 0. The Labute approximate surface area is 115 Å². The third-order valence-corrected chi connectivity index (χ3v) is 3.65. The van der Waals surface area contributed by atoms with Crippen LogP contribution in [0.2, 0.25) is 0 Å². The lowest BCUT2D eigenvalue weighted by Crippen LogP contribution is -2.09. The molecule has 0 saturated heterocycles. The molecule has 2 rings (SSSR count). The van der Waals surface area contributed by atoms with Crippen molar-refractivity contribution in [3.63, 3.8) is 0 Å². The van der Waals surface area contributed by atoms with Crippen LogP contribution in [0.25, 0.3) is 5.69 Å². The van der Waals surface area contributed by atoms with Crippen molar-refractivity contribution in [1.29, 1.82) is 0 Å². The predicted molar refractivity (Wildman–Crippen MR) is 79.9 cm³/mol. The highest BCUT2D eigenvalue weighted by atomic mass is 15.3. The van der Waals surface area contributed by atoms with Gasteiger partial charge >= 0.3 is 0 Å². The molecule has 0 radical (unpaired) electrons. The number of hydrogen-bond donors (Lipinski definition) is 1. The first kappa shape index (κ1) is 13.8. The summed E-state index contributed by atoms with van der Waals surface area (Å²) >= 11 is 0. The monoisotopic (exact) mass is 257 g/mol. The van der Waals surface area contributed by atoms with Gasteiger partial charge in [0.05, 0.1) is 11.4 Å². The van der Waals surface area contributed by atoms with Gasteiger partial charge in [-0.3, -0.25) is 0 Å². The molecule has 1 aromatic carbocycles. The molecule has 0 aliphatic carbocycles. The molecule has 19 heavy (non-hydrogen) atoms. The minimum atomic E-state index is 0.0137. The second kappa shape index (κ2) is 4.82. The highest BCUT2D eigenvalue weighted by molar-refractivity contribution is 5.50. The highest BCUT2D eigenvalue weighted by Gasteiger charge is 2.17. The number of benzene rings is 1. The maximum absolute atomic E-state index is 6.05. The Hall–Kier alpha value is -1.61. The zero-order valence-electron chi connectivity index (χ0n) is 12.7. The molecule has 0 spiro atoms. The average Bonchev–Trinajstić information content (AvgIpc) is 2.52. The molecule has 2 N–H and O–H groups in total. The number of aromatic nitrogens is 2. The lowest BCUT2D eigenvalue weighted by Gasteiger charge is -2.14. The van der Waals surface area contributed by atoms with Gasteiger partial charge in [0.15, 0.2) is 0 Å². The molecule has 0 saturated carbocycles. The summed E-state index contributed by atoms with van der Waals surface area (Å²) in [4.78, 5) is 0. The van der Waals surface area contributed by atoms with Crippen LogP contribution in [0.5, 0.6) is 0 Å². The van der Waals surface area contributed by atoms with Crippen LogP contribution in [-0.4, -0.2) is 9.78 Å². The smallest absolute Gasteiger partial charge is 0.0707 e. The first-order valence-corrected chi connectivity index (χ1v) is 6.72. The predicted octanol–water partition coefficient (Wildman–Crippen LogP) is 3.43. The van der Waals surface area contributed by atoms with Gasteiger partial charge in [0.2, 0.25) is 0 Å². The first-order valence-electron chi connectivity index (χ1n) is 6.72. The Morgan fingerprint density at radius 2 is 1.58 bits per heavy atom. The fraction of sp³-hybridized carbons (Fsp3) is 0.438. The fourth-order valence-electron chi connectivity index (χ4n) is 3.04. The van der Waals surface area contributed by atoms with E-state index in [1.807, 2.05) is 18.5 Å². The molecule has 1 heterocycles. The summed E-state index contributed by atoms with van der Waals surface area (Å²) in [5.74, 6) is 0. The van der Waals surface area contributed by atoms with E-state index in [-0.39, 0.29) is 6.04 Å². The summed E-state index contributed by atoms with van der Waals surface area (Å²) in [5, 5.41) is 4.69. The Balaban J connectivity index is 2.70. The van der Waals surface area contributed by atoms with Crippen LogP contribution >= 0.6 is 0 Å². The fourth-order valence-corrected chi connectivity index (χ4v) is 3.04. The molecule has 0 bridgehead atoms. The van der Waals surface area contributed by atoms with E-state index in [2.05, 4.69) is 44.9 Å². The first-order chi connectivity index (χ1) is 8.82. The van der Waals surface area contributed by atoms with Gasteiger partial charge in [-0.1, -0.05) is 17.7 Å². The minimum Gasteiger partial charge on any atom is -0.324 e. The van der Waals surface area contributed by atoms with Crippen molar-refractivity contribution in [1.82, 2.24) is 9.78 Å². The van der Waals surface area contributed by atoms with Crippen molar-refractivity contribution in [3.05, 3.63) is 45.8 Å². The second-order valence-electron chi connectivity index (χ2n) is 5.53. The summed E-state index contributed by atoms with van der Waals surface area (Å²) in [6, 6.07) is 4.41. The van der Waals surface area contributed by atoms with Gasteiger partial charge in [0.1, 0.15) is 0 Å².